The second kappa shape index (κ2) is 6.07. The average molecular weight is 256 g/mol. The van der Waals surface area contributed by atoms with E-state index in [2.05, 4.69) is 17.6 Å². The van der Waals surface area contributed by atoms with Crippen LogP contribution >= 0.6 is 0 Å². The minimum Gasteiger partial charge on any atom is -0.480 e. The Balaban J connectivity index is 2.49. The van der Waals surface area contributed by atoms with E-state index in [4.69, 9.17) is 0 Å². The molecular formula is C13H24N2O3. The first-order valence-electron chi connectivity index (χ1n) is 6.69. The van der Waals surface area contributed by atoms with Crippen molar-refractivity contribution in [2.75, 3.05) is 0 Å². The third-order valence-electron chi connectivity index (χ3n) is 3.64. The molecule has 1 saturated carbocycles. The first-order chi connectivity index (χ1) is 8.37. The minimum absolute atomic E-state index is 0.180. The van der Waals surface area contributed by atoms with Crippen molar-refractivity contribution >= 4 is 12.0 Å². The maximum absolute atomic E-state index is 11.8. The number of carbonyl (C=O) groups excluding carboxylic acids is 1. The Hall–Kier alpha value is -1.26. The van der Waals surface area contributed by atoms with E-state index in [0.717, 1.165) is 19.3 Å². The van der Waals surface area contributed by atoms with Crippen molar-refractivity contribution < 1.29 is 14.7 Å². The zero-order chi connectivity index (χ0) is 13.8. The van der Waals surface area contributed by atoms with E-state index in [1.807, 2.05) is 6.92 Å². The summed E-state index contributed by atoms with van der Waals surface area (Å²) in [4.78, 5) is 23.0. The van der Waals surface area contributed by atoms with Gasteiger partial charge in [-0.3, -0.25) is 0 Å². The zero-order valence-corrected chi connectivity index (χ0v) is 11.5. The molecule has 0 aromatic rings. The predicted molar refractivity (Wildman–Crippen MR) is 69.4 cm³/mol. The Labute approximate surface area is 108 Å². The van der Waals surface area contributed by atoms with Gasteiger partial charge in [-0.05, 0) is 38.5 Å². The minimum atomic E-state index is -1.18. The molecule has 104 valence electrons. The molecule has 1 fully saturated rings. The molecule has 3 unspecified atom stereocenters. The maximum Gasteiger partial charge on any atom is 0.329 e. The lowest BCUT2D eigenvalue weighted by Gasteiger charge is -2.26. The van der Waals surface area contributed by atoms with Crippen LogP contribution in [0.25, 0.3) is 0 Å². The highest BCUT2D eigenvalue weighted by Gasteiger charge is 2.34. The van der Waals surface area contributed by atoms with Gasteiger partial charge in [-0.2, -0.15) is 0 Å². The van der Waals surface area contributed by atoms with Crippen LogP contribution in [0.1, 0.15) is 52.9 Å². The van der Waals surface area contributed by atoms with E-state index < -0.39 is 11.5 Å². The molecule has 5 heteroatoms. The third-order valence-corrected chi connectivity index (χ3v) is 3.64. The number of rotatable bonds is 5. The van der Waals surface area contributed by atoms with Crippen LogP contribution in [0.2, 0.25) is 0 Å². The zero-order valence-electron chi connectivity index (χ0n) is 11.5. The highest BCUT2D eigenvalue weighted by Crippen LogP contribution is 2.24. The highest BCUT2D eigenvalue weighted by molar-refractivity contribution is 5.85. The van der Waals surface area contributed by atoms with Crippen LogP contribution in [0.15, 0.2) is 0 Å². The molecule has 1 aliphatic carbocycles. The fourth-order valence-electron chi connectivity index (χ4n) is 2.53. The largest absolute Gasteiger partial charge is 0.480 e. The molecule has 0 aliphatic heterocycles. The Morgan fingerprint density at radius 1 is 1.39 bits per heavy atom. The number of hydrogen-bond donors (Lipinski definition) is 3. The molecule has 0 spiro atoms. The summed E-state index contributed by atoms with van der Waals surface area (Å²) in [5.74, 6) is -0.351. The number of hydrogen-bond acceptors (Lipinski definition) is 2. The quantitative estimate of drug-likeness (QED) is 0.705. The summed E-state index contributed by atoms with van der Waals surface area (Å²) in [5, 5.41) is 14.6. The lowest BCUT2D eigenvalue weighted by Crippen LogP contribution is -2.56. The lowest BCUT2D eigenvalue weighted by molar-refractivity contribution is -0.144. The van der Waals surface area contributed by atoms with Crippen LogP contribution < -0.4 is 10.6 Å². The molecule has 1 aliphatic rings. The third kappa shape index (κ3) is 3.89. The van der Waals surface area contributed by atoms with Gasteiger partial charge in [-0.1, -0.05) is 20.3 Å². The number of nitrogens with one attached hydrogen (secondary N) is 2. The molecular weight excluding hydrogens is 232 g/mol. The van der Waals surface area contributed by atoms with Crippen LogP contribution in [0.3, 0.4) is 0 Å². The fraction of sp³-hybridized carbons (Fsp3) is 0.846. The monoisotopic (exact) mass is 256 g/mol. The van der Waals surface area contributed by atoms with Gasteiger partial charge in [0.05, 0.1) is 0 Å². The smallest absolute Gasteiger partial charge is 0.329 e. The molecule has 1 rings (SSSR count). The van der Waals surface area contributed by atoms with Crippen LogP contribution in [-0.4, -0.2) is 28.7 Å². The summed E-state index contributed by atoms with van der Waals surface area (Å²) in [5.41, 5.74) is -1.18. The molecule has 0 radical (unpaired) electrons. The molecule has 0 aromatic carbocycles. The molecule has 0 bridgehead atoms. The van der Waals surface area contributed by atoms with Crippen molar-refractivity contribution in [3.63, 3.8) is 0 Å². The fourth-order valence-corrected chi connectivity index (χ4v) is 2.53. The van der Waals surface area contributed by atoms with Crippen molar-refractivity contribution in [1.29, 1.82) is 0 Å². The summed E-state index contributed by atoms with van der Waals surface area (Å²) in [6.45, 7) is 5.62. The molecule has 0 aromatic heterocycles. The van der Waals surface area contributed by atoms with Crippen molar-refractivity contribution in [3.05, 3.63) is 0 Å². The van der Waals surface area contributed by atoms with E-state index in [1.54, 1.807) is 6.92 Å². The number of carboxylic acid groups (broad SMARTS) is 1. The number of amides is 2. The molecule has 0 saturated heterocycles. The van der Waals surface area contributed by atoms with Gasteiger partial charge >= 0.3 is 12.0 Å². The number of carboxylic acids is 1. The Morgan fingerprint density at radius 2 is 2.06 bits per heavy atom. The summed E-state index contributed by atoms with van der Waals surface area (Å²) < 4.78 is 0. The van der Waals surface area contributed by atoms with Crippen LogP contribution in [-0.2, 0) is 4.79 Å². The Bertz CT molecular complexity index is 319. The molecule has 0 heterocycles. The van der Waals surface area contributed by atoms with Crippen LogP contribution in [0.5, 0.6) is 0 Å². The average Bonchev–Trinajstić information content (AvgIpc) is 2.63. The highest BCUT2D eigenvalue weighted by atomic mass is 16.4. The first kappa shape index (κ1) is 14.8. The van der Waals surface area contributed by atoms with E-state index in [-0.39, 0.29) is 12.1 Å². The maximum atomic E-state index is 11.8. The van der Waals surface area contributed by atoms with Crippen molar-refractivity contribution in [3.8, 4) is 0 Å². The first-order valence-corrected chi connectivity index (χ1v) is 6.69. The number of carbonyl (C=O) groups is 2. The summed E-state index contributed by atoms with van der Waals surface area (Å²) >= 11 is 0. The predicted octanol–water partition coefficient (Wildman–Crippen LogP) is 2.12. The van der Waals surface area contributed by atoms with Gasteiger partial charge in [0.15, 0.2) is 0 Å². The van der Waals surface area contributed by atoms with Gasteiger partial charge in [0.2, 0.25) is 0 Å². The number of urea groups is 1. The second-order valence-corrected chi connectivity index (χ2v) is 5.60. The van der Waals surface area contributed by atoms with Crippen molar-refractivity contribution in [1.82, 2.24) is 10.6 Å². The molecule has 5 nitrogen and oxygen atoms in total. The standard InChI is InChI=1S/C13H24N2O3/c1-4-7-13(3,11(16)17)15-12(18)14-10-6-5-9(2)8-10/h9-10H,4-8H2,1-3H3,(H,16,17)(H2,14,15,18). The van der Waals surface area contributed by atoms with E-state index in [1.165, 1.54) is 0 Å². The number of aliphatic carboxylic acids is 1. The van der Waals surface area contributed by atoms with Gasteiger partial charge in [0.25, 0.3) is 0 Å². The van der Waals surface area contributed by atoms with Gasteiger partial charge in [-0.25, -0.2) is 9.59 Å². The topological polar surface area (TPSA) is 78.4 Å². The van der Waals surface area contributed by atoms with Gasteiger partial charge < -0.3 is 15.7 Å². The van der Waals surface area contributed by atoms with Crippen LogP contribution in [0, 0.1) is 5.92 Å². The van der Waals surface area contributed by atoms with E-state index >= 15 is 0 Å². The van der Waals surface area contributed by atoms with Crippen molar-refractivity contribution in [2.24, 2.45) is 5.92 Å². The second-order valence-electron chi connectivity index (χ2n) is 5.60. The van der Waals surface area contributed by atoms with Gasteiger partial charge in [0.1, 0.15) is 5.54 Å². The summed E-state index contributed by atoms with van der Waals surface area (Å²) in [6.07, 6.45) is 4.22. The normalized spacial score (nSPS) is 26.4. The SMILES string of the molecule is CCCC(C)(NC(=O)NC1CCC(C)C1)C(=O)O. The molecule has 3 atom stereocenters. The lowest BCUT2D eigenvalue weighted by atomic mass is 9.96. The van der Waals surface area contributed by atoms with Gasteiger partial charge in [0, 0.05) is 6.04 Å². The molecule has 3 N–H and O–H groups in total. The van der Waals surface area contributed by atoms with Gasteiger partial charge in [-0.15, -0.1) is 0 Å². The van der Waals surface area contributed by atoms with E-state index in [0.29, 0.717) is 18.8 Å². The van der Waals surface area contributed by atoms with Crippen LogP contribution in [0.4, 0.5) is 4.79 Å². The molecule has 18 heavy (non-hydrogen) atoms. The summed E-state index contributed by atoms with van der Waals surface area (Å²) in [6, 6.07) is -0.188. The Kier molecular flexibility index (Phi) is 4.99. The van der Waals surface area contributed by atoms with Crippen molar-refractivity contribution in [2.45, 2.75) is 64.5 Å². The van der Waals surface area contributed by atoms with E-state index in [9.17, 15) is 14.7 Å². The summed E-state index contributed by atoms with van der Waals surface area (Å²) in [7, 11) is 0. The Morgan fingerprint density at radius 3 is 2.50 bits per heavy atom. The molecule has 2 amide bonds.